The predicted molar refractivity (Wildman–Crippen MR) is 52.4 cm³/mol. The van der Waals surface area contributed by atoms with E-state index in [1.807, 2.05) is 28.8 Å². The first-order chi connectivity index (χ1) is 5.81. The maximum absolute atomic E-state index is 5.66. The number of alkyl halides is 1. The van der Waals surface area contributed by atoms with Gasteiger partial charge in [-0.25, -0.2) is 4.98 Å². The van der Waals surface area contributed by atoms with E-state index in [-0.39, 0.29) is 0 Å². The number of aromatic nitrogens is 2. The van der Waals surface area contributed by atoms with E-state index in [0.29, 0.717) is 5.88 Å². The highest BCUT2D eigenvalue weighted by Gasteiger charge is 2.01. The molecule has 2 rings (SSSR count). The minimum absolute atomic E-state index is 0.453. The number of rotatable bonds is 1. The molecule has 0 unspecified atom stereocenters. The molecule has 2 nitrogen and oxygen atoms in total. The minimum atomic E-state index is 0.453. The van der Waals surface area contributed by atoms with Crippen LogP contribution in [0.4, 0.5) is 0 Å². The van der Waals surface area contributed by atoms with Gasteiger partial charge >= 0.3 is 0 Å². The van der Waals surface area contributed by atoms with Crippen LogP contribution in [0.5, 0.6) is 0 Å². The van der Waals surface area contributed by atoms with Crippen LogP contribution in [0.3, 0.4) is 0 Å². The Balaban J connectivity index is 2.74. The van der Waals surface area contributed by atoms with Crippen LogP contribution in [-0.2, 0) is 5.88 Å². The number of nitrogens with zero attached hydrogens (tertiary/aromatic N) is 2. The molecule has 62 valence electrons. The Morgan fingerprint density at radius 3 is 3.00 bits per heavy atom. The molecule has 0 spiro atoms. The monoisotopic (exact) mass is 244 g/mol. The van der Waals surface area contributed by atoms with E-state index in [4.69, 9.17) is 11.6 Å². The highest BCUT2D eigenvalue weighted by molar-refractivity contribution is 9.10. The average molecular weight is 246 g/mol. The van der Waals surface area contributed by atoms with Crippen LogP contribution in [0.2, 0.25) is 0 Å². The summed E-state index contributed by atoms with van der Waals surface area (Å²) < 4.78 is 2.95. The van der Waals surface area contributed by atoms with Gasteiger partial charge in [0.2, 0.25) is 0 Å². The quantitative estimate of drug-likeness (QED) is 0.558. The van der Waals surface area contributed by atoms with Gasteiger partial charge in [0.15, 0.2) is 0 Å². The molecule has 0 aromatic carbocycles. The van der Waals surface area contributed by atoms with Crippen molar-refractivity contribution in [2.24, 2.45) is 0 Å². The second kappa shape index (κ2) is 3.07. The van der Waals surface area contributed by atoms with Crippen molar-refractivity contribution in [3.63, 3.8) is 0 Å². The summed E-state index contributed by atoms with van der Waals surface area (Å²) in [6.07, 6.45) is 1.92. The number of hydrogen-bond acceptors (Lipinski definition) is 1. The molecule has 0 saturated heterocycles. The molecular weight excluding hydrogens is 239 g/mol. The van der Waals surface area contributed by atoms with Crippen LogP contribution in [0.15, 0.2) is 29.0 Å². The lowest BCUT2D eigenvalue weighted by Crippen LogP contribution is -1.82. The summed E-state index contributed by atoms with van der Waals surface area (Å²) in [5, 5.41) is 0. The molecule has 2 heterocycles. The van der Waals surface area contributed by atoms with Crippen LogP contribution < -0.4 is 0 Å². The van der Waals surface area contributed by atoms with Gasteiger partial charge in [-0.3, -0.25) is 4.40 Å². The van der Waals surface area contributed by atoms with Crippen LogP contribution in [0, 0.1) is 0 Å². The first kappa shape index (κ1) is 8.08. The second-order valence-electron chi connectivity index (χ2n) is 2.44. The molecular formula is C8H6BrClN2. The molecule has 0 aliphatic carbocycles. The summed E-state index contributed by atoms with van der Waals surface area (Å²) in [6, 6.07) is 5.86. The fourth-order valence-electron chi connectivity index (χ4n) is 1.09. The molecule has 0 amide bonds. The van der Waals surface area contributed by atoms with Crippen molar-refractivity contribution < 1.29 is 0 Å². The highest BCUT2D eigenvalue weighted by Crippen LogP contribution is 2.14. The van der Waals surface area contributed by atoms with Crippen LogP contribution in [0.25, 0.3) is 5.65 Å². The summed E-state index contributed by atoms with van der Waals surface area (Å²) in [5.41, 5.74) is 1.81. The Kier molecular flexibility index (Phi) is 2.07. The highest BCUT2D eigenvalue weighted by atomic mass is 79.9. The summed E-state index contributed by atoms with van der Waals surface area (Å²) in [6.45, 7) is 0. The van der Waals surface area contributed by atoms with E-state index in [9.17, 15) is 0 Å². The smallest absolute Gasteiger partial charge is 0.137 e. The lowest BCUT2D eigenvalue weighted by molar-refractivity contribution is 1.14. The second-order valence-corrected chi connectivity index (χ2v) is 3.52. The largest absolute Gasteiger partial charge is 0.294 e. The molecule has 12 heavy (non-hydrogen) atoms. The molecule has 2 aromatic rings. The number of halogens is 2. The van der Waals surface area contributed by atoms with Gasteiger partial charge in [-0.2, -0.15) is 0 Å². The normalized spacial score (nSPS) is 10.8. The van der Waals surface area contributed by atoms with Crippen molar-refractivity contribution in [1.82, 2.24) is 9.38 Å². The Bertz CT molecular complexity index is 410. The molecule has 0 atom stereocenters. The molecule has 0 bridgehead atoms. The molecule has 0 saturated carbocycles. The molecule has 0 radical (unpaired) electrons. The zero-order chi connectivity index (χ0) is 8.55. The topological polar surface area (TPSA) is 17.3 Å². The van der Waals surface area contributed by atoms with Crippen LogP contribution in [0.1, 0.15) is 5.69 Å². The van der Waals surface area contributed by atoms with Crippen molar-refractivity contribution in [2.45, 2.75) is 5.88 Å². The third-order valence-corrected chi connectivity index (χ3v) is 2.55. The van der Waals surface area contributed by atoms with Crippen molar-refractivity contribution in [2.75, 3.05) is 0 Å². The van der Waals surface area contributed by atoms with E-state index < -0.39 is 0 Å². The maximum atomic E-state index is 5.66. The lowest BCUT2D eigenvalue weighted by atomic mass is 10.5. The molecule has 0 fully saturated rings. The molecule has 4 heteroatoms. The summed E-state index contributed by atoms with van der Waals surface area (Å²) in [4.78, 5) is 4.29. The first-order valence-electron chi connectivity index (χ1n) is 3.50. The molecule has 0 N–H and O–H groups in total. The van der Waals surface area contributed by atoms with Crippen molar-refractivity contribution >= 4 is 33.2 Å². The summed E-state index contributed by atoms with van der Waals surface area (Å²) in [5.74, 6) is 0.453. The van der Waals surface area contributed by atoms with Crippen LogP contribution in [-0.4, -0.2) is 9.38 Å². The molecule has 0 aliphatic heterocycles. The summed E-state index contributed by atoms with van der Waals surface area (Å²) in [7, 11) is 0. The van der Waals surface area contributed by atoms with E-state index in [1.54, 1.807) is 0 Å². The number of pyridine rings is 1. The van der Waals surface area contributed by atoms with E-state index in [1.165, 1.54) is 0 Å². The predicted octanol–water partition coefficient (Wildman–Crippen LogP) is 2.84. The van der Waals surface area contributed by atoms with Crippen molar-refractivity contribution in [3.8, 4) is 0 Å². The van der Waals surface area contributed by atoms with E-state index >= 15 is 0 Å². The van der Waals surface area contributed by atoms with Gasteiger partial charge in [0, 0.05) is 6.20 Å². The third kappa shape index (κ3) is 1.23. The van der Waals surface area contributed by atoms with Gasteiger partial charge in [-0.1, -0.05) is 6.07 Å². The number of imidazole rings is 1. The zero-order valence-electron chi connectivity index (χ0n) is 6.17. The number of fused-ring (bicyclic) bond motifs is 1. The van der Waals surface area contributed by atoms with E-state index in [0.717, 1.165) is 15.9 Å². The third-order valence-electron chi connectivity index (χ3n) is 1.63. The van der Waals surface area contributed by atoms with Crippen LogP contribution >= 0.6 is 27.5 Å². The van der Waals surface area contributed by atoms with Gasteiger partial charge in [0.25, 0.3) is 0 Å². The Morgan fingerprint density at radius 2 is 2.33 bits per heavy atom. The Morgan fingerprint density at radius 1 is 1.50 bits per heavy atom. The first-order valence-corrected chi connectivity index (χ1v) is 4.82. The van der Waals surface area contributed by atoms with E-state index in [2.05, 4.69) is 20.9 Å². The standard InChI is InChI=1S/C8H6BrClN2/c9-7-2-1-3-8-11-6(4-10)5-12(7)8/h1-3,5H,4H2. The zero-order valence-corrected chi connectivity index (χ0v) is 8.51. The summed E-state index contributed by atoms with van der Waals surface area (Å²) >= 11 is 9.08. The molecule has 2 aromatic heterocycles. The van der Waals surface area contributed by atoms with Gasteiger partial charge < -0.3 is 0 Å². The Hall–Kier alpha value is -0.540. The average Bonchev–Trinajstić information content (AvgIpc) is 2.49. The Labute approximate surface area is 83.3 Å². The molecule has 0 aliphatic rings. The van der Waals surface area contributed by atoms with Gasteiger partial charge in [-0.15, -0.1) is 11.6 Å². The number of hydrogen-bond donors (Lipinski definition) is 0. The lowest BCUT2D eigenvalue weighted by Gasteiger charge is -1.93. The van der Waals surface area contributed by atoms with Gasteiger partial charge in [-0.05, 0) is 28.1 Å². The maximum Gasteiger partial charge on any atom is 0.137 e. The van der Waals surface area contributed by atoms with Crippen molar-refractivity contribution in [1.29, 1.82) is 0 Å². The van der Waals surface area contributed by atoms with Gasteiger partial charge in [0.1, 0.15) is 5.65 Å². The SMILES string of the molecule is ClCc1cn2c(Br)cccc2n1. The fraction of sp³-hybridized carbons (Fsp3) is 0.125. The van der Waals surface area contributed by atoms with Gasteiger partial charge in [0.05, 0.1) is 16.2 Å². The fourth-order valence-corrected chi connectivity index (χ4v) is 1.66. The van der Waals surface area contributed by atoms with Crippen molar-refractivity contribution in [3.05, 3.63) is 34.7 Å². The minimum Gasteiger partial charge on any atom is -0.294 e.